The lowest BCUT2D eigenvalue weighted by atomic mass is 10.1. The number of aryl methyl sites for hydroxylation is 1. The van der Waals surface area contributed by atoms with Gasteiger partial charge in [-0.1, -0.05) is 0 Å². The SMILES string of the molecule is Cc1cnc(CNC(C)c2cnc3ccsc3c2)cn1. The molecular formula is C15H16N4S. The molecule has 0 bridgehead atoms. The van der Waals surface area contributed by atoms with Gasteiger partial charge in [0.05, 0.1) is 21.6 Å². The van der Waals surface area contributed by atoms with E-state index in [0.717, 1.165) is 16.9 Å². The molecule has 0 aliphatic carbocycles. The number of rotatable bonds is 4. The van der Waals surface area contributed by atoms with Crippen molar-refractivity contribution in [1.29, 1.82) is 0 Å². The van der Waals surface area contributed by atoms with Crippen molar-refractivity contribution in [1.82, 2.24) is 20.3 Å². The lowest BCUT2D eigenvalue weighted by molar-refractivity contribution is 0.565. The third-order valence-corrected chi connectivity index (χ3v) is 4.10. The summed E-state index contributed by atoms with van der Waals surface area (Å²) in [6, 6.07) is 4.48. The summed E-state index contributed by atoms with van der Waals surface area (Å²) in [5.41, 5.74) is 4.15. The molecule has 0 aliphatic rings. The summed E-state index contributed by atoms with van der Waals surface area (Å²) in [7, 11) is 0. The van der Waals surface area contributed by atoms with Crippen LogP contribution in [0.5, 0.6) is 0 Å². The Kier molecular flexibility index (Phi) is 3.71. The van der Waals surface area contributed by atoms with E-state index in [0.29, 0.717) is 6.54 Å². The van der Waals surface area contributed by atoms with Gasteiger partial charge in [-0.15, -0.1) is 11.3 Å². The Hall–Kier alpha value is -1.85. The van der Waals surface area contributed by atoms with Gasteiger partial charge in [0, 0.05) is 31.2 Å². The first-order valence-corrected chi connectivity index (χ1v) is 7.44. The molecule has 0 aromatic carbocycles. The minimum atomic E-state index is 0.233. The van der Waals surface area contributed by atoms with Crippen molar-refractivity contribution in [2.75, 3.05) is 0 Å². The van der Waals surface area contributed by atoms with Gasteiger partial charge in [0.15, 0.2) is 0 Å². The van der Waals surface area contributed by atoms with Crippen LogP contribution in [0.15, 0.2) is 36.1 Å². The van der Waals surface area contributed by atoms with Gasteiger partial charge in [0.2, 0.25) is 0 Å². The lowest BCUT2D eigenvalue weighted by Gasteiger charge is -2.13. The van der Waals surface area contributed by atoms with Gasteiger partial charge in [-0.2, -0.15) is 0 Å². The van der Waals surface area contributed by atoms with Gasteiger partial charge in [0.25, 0.3) is 0 Å². The van der Waals surface area contributed by atoms with E-state index in [-0.39, 0.29) is 6.04 Å². The molecule has 4 nitrogen and oxygen atoms in total. The number of aromatic nitrogens is 3. The molecule has 1 N–H and O–H groups in total. The molecule has 20 heavy (non-hydrogen) atoms. The summed E-state index contributed by atoms with van der Waals surface area (Å²) in [5.74, 6) is 0. The predicted octanol–water partition coefficient (Wildman–Crippen LogP) is 3.25. The molecule has 0 saturated heterocycles. The first-order chi connectivity index (χ1) is 9.72. The number of nitrogens with one attached hydrogen (secondary N) is 1. The largest absolute Gasteiger partial charge is 0.304 e. The Morgan fingerprint density at radius 2 is 2.10 bits per heavy atom. The van der Waals surface area contributed by atoms with Crippen molar-refractivity contribution in [3.63, 3.8) is 0 Å². The van der Waals surface area contributed by atoms with Gasteiger partial charge in [-0.05, 0) is 36.9 Å². The van der Waals surface area contributed by atoms with Crippen molar-refractivity contribution in [3.05, 3.63) is 53.1 Å². The van der Waals surface area contributed by atoms with Crippen LogP contribution in [-0.2, 0) is 6.54 Å². The second-order valence-electron chi connectivity index (χ2n) is 4.82. The maximum absolute atomic E-state index is 4.47. The summed E-state index contributed by atoms with van der Waals surface area (Å²) in [6.07, 6.45) is 5.55. The second kappa shape index (κ2) is 5.64. The molecule has 102 valence electrons. The number of nitrogens with zero attached hydrogens (tertiary/aromatic N) is 3. The highest BCUT2D eigenvalue weighted by Gasteiger charge is 2.07. The molecule has 1 atom stereocenters. The zero-order valence-electron chi connectivity index (χ0n) is 11.5. The normalized spacial score (nSPS) is 12.7. The van der Waals surface area contributed by atoms with Crippen LogP contribution in [0.25, 0.3) is 10.2 Å². The Morgan fingerprint density at radius 1 is 1.20 bits per heavy atom. The van der Waals surface area contributed by atoms with Gasteiger partial charge in [0.1, 0.15) is 0 Å². The Balaban J connectivity index is 1.69. The summed E-state index contributed by atoms with van der Waals surface area (Å²) >= 11 is 1.72. The highest BCUT2D eigenvalue weighted by molar-refractivity contribution is 7.17. The quantitative estimate of drug-likeness (QED) is 0.799. The third kappa shape index (κ3) is 2.84. The molecule has 1 unspecified atom stereocenters. The van der Waals surface area contributed by atoms with Crippen LogP contribution in [-0.4, -0.2) is 15.0 Å². The van der Waals surface area contributed by atoms with Crippen LogP contribution in [0.2, 0.25) is 0 Å². The summed E-state index contributed by atoms with van der Waals surface area (Å²) in [6.45, 7) is 4.78. The van der Waals surface area contributed by atoms with Gasteiger partial charge >= 0.3 is 0 Å². The maximum Gasteiger partial charge on any atom is 0.0809 e. The van der Waals surface area contributed by atoms with Crippen molar-refractivity contribution >= 4 is 21.6 Å². The monoisotopic (exact) mass is 284 g/mol. The van der Waals surface area contributed by atoms with Crippen LogP contribution in [0.3, 0.4) is 0 Å². The van der Waals surface area contributed by atoms with E-state index < -0.39 is 0 Å². The summed E-state index contributed by atoms with van der Waals surface area (Å²) in [4.78, 5) is 13.1. The number of fused-ring (bicyclic) bond motifs is 1. The van der Waals surface area contributed by atoms with Crippen LogP contribution in [0.1, 0.15) is 29.9 Å². The molecule has 0 saturated carbocycles. The van der Waals surface area contributed by atoms with E-state index in [1.54, 1.807) is 17.5 Å². The van der Waals surface area contributed by atoms with Crippen LogP contribution in [0.4, 0.5) is 0 Å². The number of thiophene rings is 1. The molecule has 0 spiro atoms. The standard InChI is InChI=1S/C15H16N4S/c1-10-6-18-13(8-16-10)9-17-11(2)12-5-15-14(19-7-12)3-4-20-15/h3-8,11,17H,9H2,1-2H3. The van der Waals surface area contributed by atoms with E-state index >= 15 is 0 Å². The maximum atomic E-state index is 4.47. The number of pyridine rings is 1. The molecular weight excluding hydrogens is 268 g/mol. The van der Waals surface area contributed by atoms with E-state index in [9.17, 15) is 0 Å². The molecule has 0 radical (unpaired) electrons. The van der Waals surface area contributed by atoms with Crippen LogP contribution in [0, 0.1) is 6.92 Å². The fourth-order valence-corrected chi connectivity index (χ4v) is 2.77. The smallest absolute Gasteiger partial charge is 0.0809 e. The average molecular weight is 284 g/mol. The summed E-state index contributed by atoms with van der Waals surface area (Å²) in [5, 5.41) is 5.52. The molecule has 5 heteroatoms. The first-order valence-electron chi connectivity index (χ1n) is 6.56. The predicted molar refractivity (Wildman–Crippen MR) is 81.6 cm³/mol. The molecule has 3 heterocycles. The van der Waals surface area contributed by atoms with Gasteiger partial charge in [-0.25, -0.2) is 0 Å². The average Bonchev–Trinajstić information content (AvgIpc) is 2.93. The van der Waals surface area contributed by atoms with Gasteiger partial charge in [-0.3, -0.25) is 15.0 Å². The van der Waals surface area contributed by atoms with E-state index in [1.165, 1.54) is 10.3 Å². The van der Waals surface area contributed by atoms with Crippen molar-refractivity contribution in [3.8, 4) is 0 Å². The van der Waals surface area contributed by atoms with Crippen LogP contribution >= 0.6 is 11.3 Å². The molecule has 3 aromatic heterocycles. The molecule has 0 aliphatic heterocycles. The van der Waals surface area contributed by atoms with Crippen molar-refractivity contribution < 1.29 is 0 Å². The fraction of sp³-hybridized carbons (Fsp3) is 0.267. The molecule has 3 aromatic rings. The lowest BCUT2D eigenvalue weighted by Crippen LogP contribution is -2.19. The van der Waals surface area contributed by atoms with E-state index in [2.05, 4.69) is 38.6 Å². The van der Waals surface area contributed by atoms with E-state index in [4.69, 9.17) is 0 Å². The zero-order chi connectivity index (χ0) is 13.9. The highest BCUT2D eigenvalue weighted by Crippen LogP contribution is 2.22. The Bertz CT molecular complexity index is 705. The fourth-order valence-electron chi connectivity index (χ4n) is 1.98. The second-order valence-corrected chi connectivity index (χ2v) is 5.77. The third-order valence-electron chi connectivity index (χ3n) is 3.25. The number of hydrogen-bond donors (Lipinski definition) is 1. The Labute approximate surface area is 121 Å². The molecule has 0 fully saturated rings. The number of hydrogen-bond acceptors (Lipinski definition) is 5. The summed E-state index contributed by atoms with van der Waals surface area (Å²) < 4.78 is 1.23. The highest BCUT2D eigenvalue weighted by atomic mass is 32.1. The van der Waals surface area contributed by atoms with E-state index in [1.807, 2.05) is 25.4 Å². The Morgan fingerprint density at radius 3 is 2.90 bits per heavy atom. The van der Waals surface area contributed by atoms with Crippen molar-refractivity contribution in [2.45, 2.75) is 26.4 Å². The molecule has 3 rings (SSSR count). The first kappa shape index (κ1) is 13.1. The zero-order valence-corrected chi connectivity index (χ0v) is 12.3. The topological polar surface area (TPSA) is 50.7 Å². The minimum absolute atomic E-state index is 0.233. The minimum Gasteiger partial charge on any atom is -0.304 e. The van der Waals surface area contributed by atoms with Crippen LogP contribution < -0.4 is 5.32 Å². The molecule has 0 amide bonds. The van der Waals surface area contributed by atoms with Gasteiger partial charge < -0.3 is 5.32 Å². The van der Waals surface area contributed by atoms with Crippen molar-refractivity contribution in [2.24, 2.45) is 0 Å².